The monoisotopic (exact) mass is 489 g/mol. The van der Waals surface area contributed by atoms with E-state index in [9.17, 15) is 43.9 Å². The Labute approximate surface area is 176 Å². The van der Waals surface area contributed by atoms with Gasteiger partial charge in [-0.05, 0) is 12.1 Å². The summed E-state index contributed by atoms with van der Waals surface area (Å²) in [6.45, 7) is -2.40. The molecule has 1 aromatic carbocycles. The van der Waals surface area contributed by atoms with Crippen molar-refractivity contribution in [2.45, 2.75) is 22.9 Å². The van der Waals surface area contributed by atoms with Gasteiger partial charge in [-0.2, -0.15) is 30.7 Å². The number of rotatable bonds is 8. The topological polar surface area (TPSA) is 97.4 Å². The van der Waals surface area contributed by atoms with E-state index in [4.69, 9.17) is 4.74 Å². The molecule has 7 nitrogen and oxygen atoms in total. The number of halogens is 7. The molecule has 2 N–H and O–H groups in total. The average molecular weight is 489 g/mol. The second-order valence-corrected chi connectivity index (χ2v) is 7.83. The van der Waals surface area contributed by atoms with Gasteiger partial charge in [0.25, 0.3) is 15.9 Å². The van der Waals surface area contributed by atoms with E-state index in [2.05, 4.69) is 9.71 Å². The van der Waals surface area contributed by atoms with Gasteiger partial charge in [0.05, 0.1) is 37.3 Å². The summed E-state index contributed by atoms with van der Waals surface area (Å²) in [4.78, 5) is 15.1. The lowest BCUT2D eigenvalue weighted by molar-refractivity contribution is -0.352. The Hall–Kier alpha value is -3.10. The number of nitrogens with zero attached hydrogens (tertiary/aromatic N) is 1. The Morgan fingerprint density at radius 2 is 1.69 bits per heavy atom. The molecule has 1 amide bonds. The molecule has 0 fully saturated rings. The minimum absolute atomic E-state index is 0.101. The molecule has 0 atom stereocenters. The average Bonchev–Trinajstić information content (AvgIpc) is 2.71. The summed E-state index contributed by atoms with van der Waals surface area (Å²) in [6, 6.07) is 5.28. The van der Waals surface area contributed by atoms with Crippen molar-refractivity contribution in [3.63, 3.8) is 0 Å². The number of methoxy groups -OCH3 is 1. The van der Waals surface area contributed by atoms with Gasteiger partial charge in [0, 0.05) is 6.07 Å². The lowest BCUT2D eigenvalue weighted by Gasteiger charge is -2.28. The van der Waals surface area contributed by atoms with E-state index in [0.29, 0.717) is 0 Å². The Balaban J connectivity index is 2.28. The van der Waals surface area contributed by atoms with E-state index in [1.165, 1.54) is 30.8 Å². The van der Waals surface area contributed by atoms with Crippen LogP contribution in [0.15, 0.2) is 47.6 Å². The zero-order chi connectivity index (χ0) is 24.4. The van der Waals surface area contributed by atoms with E-state index in [-0.39, 0.29) is 11.4 Å². The normalized spacial score (nSPS) is 12.9. The number of ether oxygens (including phenoxy) is 1. The summed E-state index contributed by atoms with van der Waals surface area (Å²) in [5, 5.41) is 1.22. The molecule has 0 aliphatic rings. The molecule has 0 saturated heterocycles. The molecule has 2 aromatic rings. The maximum absolute atomic E-state index is 13.4. The van der Waals surface area contributed by atoms with Gasteiger partial charge in [-0.25, -0.2) is 8.42 Å². The maximum atomic E-state index is 13.4. The fourth-order valence-electron chi connectivity index (χ4n) is 2.29. The van der Waals surface area contributed by atoms with Crippen LogP contribution in [0.4, 0.5) is 36.4 Å². The number of alkyl halides is 7. The summed E-state index contributed by atoms with van der Waals surface area (Å²) < 4.78 is 122. The van der Waals surface area contributed by atoms with Crippen LogP contribution in [0, 0.1) is 0 Å². The number of pyridine rings is 1. The fourth-order valence-corrected chi connectivity index (χ4v) is 3.53. The third kappa shape index (κ3) is 5.20. The van der Waals surface area contributed by atoms with Crippen LogP contribution in [0.5, 0.6) is 5.75 Å². The van der Waals surface area contributed by atoms with Gasteiger partial charge >= 0.3 is 18.0 Å². The molecule has 176 valence electrons. The number of aromatic nitrogens is 1. The number of carbonyl (C=O) groups is 1. The first-order valence-electron chi connectivity index (χ1n) is 8.34. The van der Waals surface area contributed by atoms with E-state index in [0.717, 1.165) is 24.4 Å². The van der Waals surface area contributed by atoms with E-state index in [1.807, 2.05) is 0 Å². The molecule has 0 unspecified atom stereocenters. The number of hydrogen-bond donors (Lipinski definition) is 2. The Morgan fingerprint density at radius 1 is 1.06 bits per heavy atom. The first-order chi connectivity index (χ1) is 14.6. The minimum atomic E-state index is -6.57. The number of benzene rings is 1. The number of sulfonamides is 1. The summed E-state index contributed by atoms with van der Waals surface area (Å²) in [5.41, 5.74) is -0.877. The van der Waals surface area contributed by atoms with Crippen LogP contribution >= 0.6 is 0 Å². The highest BCUT2D eigenvalue weighted by Gasteiger charge is 2.72. The predicted octanol–water partition coefficient (Wildman–Crippen LogP) is 3.45. The fraction of sp³-hybridized carbons (Fsp3) is 0.294. The molecule has 0 aliphatic heterocycles. The van der Waals surface area contributed by atoms with Crippen molar-refractivity contribution in [2.24, 2.45) is 0 Å². The lowest BCUT2D eigenvalue weighted by atomic mass is 10.1. The molecular formula is C17H14F7N3O4S. The summed E-state index contributed by atoms with van der Waals surface area (Å²) in [5.74, 6) is -13.6. The van der Waals surface area contributed by atoms with Crippen LogP contribution in [0.2, 0.25) is 0 Å². The van der Waals surface area contributed by atoms with Crippen molar-refractivity contribution in [2.75, 3.05) is 18.4 Å². The van der Waals surface area contributed by atoms with Crippen LogP contribution in [0.3, 0.4) is 0 Å². The number of carbonyl (C=O) groups excluding carboxylic acids is 1. The van der Waals surface area contributed by atoms with Gasteiger partial charge < -0.3 is 10.1 Å². The predicted molar refractivity (Wildman–Crippen MR) is 96.3 cm³/mol. The van der Waals surface area contributed by atoms with E-state index >= 15 is 0 Å². The zero-order valence-electron chi connectivity index (χ0n) is 15.9. The third-order valence-corrected chi connectivity index (χ3v) is 5.35. The van der Waals surface area contributed by atoms with Gasteiger partial charge in [-0.15, -0.1) is 0 Å². The van der Waals surface area contributed by atoms with Crippen molar-refractivity contribution in [3.05, 3.63) is 48.3 Å². The highest BCUT2D eigenvalue weighted by atomic mass is 32.2. The molecule has 0 spiro atoms. The number of hydrogen-bond acceptors (Lipinski definition) is 5. The van der Waals surface area contributed by atoms with Crippen molar-refractivity contribution in [1.29, 1.82) is 0 Å². The molecule has 0 bridgehead atoms. The molecule has 0 saturated carbocycles. The minimum Gasteiger partial charge on any atom is -0.495 e. The van der Waals surface area contributed by atoms with Gasteiger partial charge in [-0.1, -0.05) is 12.1 Å². The summed E-state index contributed by atoms with van der Waals surface area (Å²) in [7, 11) is -3.26. The third-order valence-electron chi connectivity index (χ3n) is 3.91. The Bertz CT molecular complexity index is 1090. The second-order valence-electron chi connectivity index (χ2n) is 6.17. The largest absolute Gasteiger partial charge is 0.495 e. The molecule has 15 heteroatoms. The quantitative estimate of drug-likeness (QED) is 0.554. The first-order valence-corrected chi connectivity index (χ1v) is 9.82. The molecule has 0 aliphatic carbocycles. The maximum Gasteiger partial charge on any atom is 0.459 e. The lowest BCUT2D eigenvalue weighted by Crippen LogP contribution is -2.56. The summed E-state index contributed by atoms with van der Waals surface area (Å²) in [6.07, 6.45) is -4.23. The Kier molecular flexibility index (Phi) is 6.92. The molecule has 1 heterocycles. The van der Waals surface area contributed by atoms with Gasteiger partial charge in [0.2, 0.25) is 0 Å². The highest BCUT2D eigenvalue weighted by molar-refractivity contribution is 7.92. The van der Waals surface area contributed by atoms with Crippen LogP contribution in [0.25, 0.3) is 0 Å². The van der Waals surface area contributed by atoms with Crippen LogP contribution in [0.1, 0.15) is 10.4 Å². The van der Waals surface area contributed by atoms with Crippen molar-refractivity contribution < 1.29 is 48.7 Å². The molecule has 32 heavy (non-hydrogen) atoms. The van der Waals surface area contributed by atoms with E-state index < -0.39 is 51.0 Å². The van der Waals surface area contributed by atoms with Crippen LogP contribution in [-0.4, -0.2) is 51.0 Å². The van der Waals surface area contributed by atoms with Crippen molar-refractivity contribution in [3.8, 4) is 5.75 Å². The second kappa shape index (κ2) is 8.80. The van der Waals surface area contributed by atoms with Crippen LogP contribution in [-0.2, 0) is 10.0 Å². The van der Waals surface area contributed by atoms with Crippen molar-refractivity contribution >= 4 is 21.6 Å². The SMILES string of the molecule is COc1cncc(NS(=O)(=O)c2ccccc2C(=O)NCC(F)(F)C(F)(F)C(F)(F)F)c1. The number of anilines is 1. The summed E-state index contributed by atoms with van der Waals surface area (Å²) >= 11 is 0. The zero-order valence-corrected chi connectivity index (χ0v) is 16.7. The van der Waals surface area contributed by atoms with E-state index in [1.54, 1.807) is 0 Å². The van der Waals surface area contributed by atoms with Gasteiger partial charge in [0.1, 0.15) is 10.6 Å². The smallest absolute Gasteiger partial charge is 0.459 e. The standard InChI is InChI=1S/C17H14F7N3O4S/c1-31-11-6-10(7-25-8-11)27-32(29,30)13-5-3-2-4-12(13)14(28)26-9-15(18,19)16(20,21)17(22,23)24/h2-8,27H,9H2,1H3,(H,26,28). The molecule has 0 radical (unpaired) electrons. The van der Waals surface area contributed by atoms with Crippen molar-refractivity contribution in [1.82, 2.24) is 10.3 Å². The first kappa shape index (κ1) is 25.2. The van der Waals surface area contributed by atoms with Gasteiger partial charge in [0.15, 0.2) is 0 Å². The molecule has 2 rings (SSSR count). The molecular weight excluding hydrogens is 475 g/mol. The molecule has 1 aromatic heterocycles. The Morgan fingerprint density at radius 3 is 2.28 bits per heavy atom. The highest BCUT2D eigenvalue weighted by Crippen LogP contribution is 2.46. The van der Waals surface area contributed by atoms with Gasteiger partial charge in [-0.3, -0.25) is 14.5 Å². The number of nitrogens with one attached hydrogen (secondary N) is 2. The van der Waals surface area contributed by atoms with Crippen LogP contribution < -0.4 is 14.8 Å². The number of amides is 1.